The highest BCUT2D eigenvalue weighted by atomic mass is 35.5. The average Bonchev–Trinajstić information content (AvgIpc) is 3.11. The lowest BCUT2D eigenvalue weighted by Crippen LogP contribution is -2.37. The molecule has 0 bridgehead atoms. The molecule has 0 atom stereocenters. The van der Waals surface area contributed by atoms with E-state index in [0.29, 0.717) is 23.9 Å². The summed E-state index contributed by atoms with van der Waals surface area (Å²) in [5.74, 6) is 0.338. The summed E-state index contributed by atoms with van der Waals surface area (Å²) in [4.78, 5) is 3.85. The molecule has 0 radical (unpaired) electrons. The standard InChI is InChI=1S/C21H23ClN2O2S/c1-2-15-3-6-19(7-4-15)27(25,26)24-11-9-16(10-12-24)21-14-17-13-18(22)5-8-20(17)23-21/h3-8,13-14,16,23H,2,9-12H2,1H3. The van der Waals surface area contributed by atoms with Gasteiger partial charge in [0.25, 0.3) is 0 Å². The van der Waals surface area contributed by atoms with Crippen molar-refractivity contribution in [3.05, 3.63) is 64.8 Å². The normalized spacial score (nSPS) is 16.8. The van der Waals surface area contributed by atoms with Gasteiger partial charge in [-0.25, -0.2) is 8.42 Å². The third-order valence-electron chi connectivity index (χ3n) is 5.47. The van der Waals surface area contributed by atoms with E-state index in [1.54, 1.807) is 16.4 Å². The Morgan fingerprint density at radius 3 is 2.44 bits per heavy atom. The van der Waals surface area contributed by atoms with Crippen molar-refractivity contribution < 1.29 is 8.42 Å². The van der Waals surface area contributed by atoms with Crippen molar-refractivity contribution in [2.75, 3.05) is 13.1 Å². The minimum atomic E-state index is -3.42. The molecule has 1 aliphatic heterocycles. The Bertz CT molecular complexity index is 1050. The maximum absolute atomic E-state index is 12.9. The number of piperidine rings is 1. The predicted octanol–water partition coefficient (Wildman–Crippen LogP) is 4.95. The van der Waals surface area contributed by atoms with Crippen LogP contribution in [-0.4, -0.2) is 30.8 Å². The van der Waals surface area contributed by atoms with Gasteiger partial charge in [-0.15, -0.1) is 0 Å². The molecular weight excluding hydrogens is 380 g/mol. The van der Waals surface area contributed by atoms with Crippen LogP contribution < -0.4 is 0 Å². The molecule has 0 amide bonds. The van der Waals surface area contributed by atoms with E-state index in [9.17, 15) is 8.42 Å². The molecule has 1 aliphatic rings. The molecule has 142 valence electrons. The van der Waals surface area contributed by atoms with Crippen LogP contribution in [0.1, 0.15) is 36.9 Å². The molecule has 3 aromatic rings. The van der Waals surface area contributed by atoms with Gasteiger partial charge in [0.1, 0.15) is 0 Å². The number of aryl methyl sites for hydroxylation is 1. The molecule has 4 rings (SSSR count). The van der Waals surface area contributed by atoms with Crippen molar-refractivity contribution in [2.24, 2.45) is 0 Å². The number of H-pyrrole nitrogens is 1. The second-order valence-corrected chi connectivity index (χ2v) is 9.51. The molecule has 1 saturated heterocycles. The molecule has 0 saturated carbocycles. The summed E-state index contributed by atoms with van der Waals surface area (Å²) in [5.41, 5.74) is 3.38. The first kappa shape index (κ1) is 18.5. The largest absolute Gasteiger partial charge is 0.358 e. The predicted molar refractivity (Wildman–Crippen MR) is 110 cm³/mol. The Labute approximate surface area is 165 Å². The molecule has 0 spiro atoms. The fraction of sp³-hybridized carbons (Fsp3) is 0.333. The van der Waals surface area contributed by atoms with Crippen LogP contribution in [0.15, 0.2) is 53.4 Å². The van der Waals surface area contributed by atoms with E-state index in [1.165, 1.54) is 0 Å². The Kier molecular flexibility index (Phi) is 5.01. The van der Waals surface area contributed by atoms with Gasteiger partial charge in [0.05, 0.1) is 4.90 Å². The van der Waals surface area contributed by atoms with Crippen molar-refractivity contribution in [1.82, 2.24) is 9.29 Å². The SMILES string of the molecule is CCc1ccc(S(=O)(=O)N2CCC(c3cc4cc(Cl)ccc4[nH]3)CC2)cc1. The van der Waals surface area contributed by atoms with E-state index < -0.39 is 10.0 Å². The van der Waals surface area contributed by atoms with Crippen molar-refractivity contribution in [1.29, 1.82) is 0 Å². The second kappa shape index (κ2) is 7.30. The maximum atomic E-state index is 12.9. The number of hydrogen-bond acceptors (Lipinski definition) is 2. The quantitative estimate of drug-likeness (QED) is 0.671. The van der Waals surface area contributed by atoms with Crippen molar-refractivity contribution in [3.63, 3.8) is 0 Å². The zero-order valence-corrected chi connectivity index (χ0v) is 16.9. The van der Waals surface area contributed by atoms with Gasteiger partial charge in [-0.2, -0.15) is 4.31 Å². The van der Waals surface area contributed by atoms with Crippen LogP contribution in [0, 0.1) is 0 Å². The number of aromatic nitrogens is 1. The second-order valence-electron chi connectivity index (χ2n) is 7.13. The van der Waals surface area contributed by atoms with Gasteiger partial charge >= 0.3 is 0 Å². The number of halogens is 1. The molecule has 0 unspecified atom stereocenters. The fourth-order valence-electron chi connectivity index (χ4n) is 3.80. The number of sulfonamides is 1. The molecule has 2 heterocycles. The summed E-state index contributed by atoms with van der Waals surface area (Å²) < 4.78 is 27.4. The highest BCUT2D eigenvalue weighted by Gasteiger charge is 2.30. The summed E-state index contributed by atoms with van der Waals surface area (Å²) in [6.07, 6.45) is 2.53. The number of aromatic amines is 1. The van der Waals surface area contributed by atoms with Crippen LogP contribution in [0.2, 0.25) is 5.02 Å². The van der Waals surface area contributed by atoms with E-state index in [-0.39, 0.29) is 0 Å². The highest BCUT2D eigenvalue weighted by Crippen LogP contribution is 2.32. The zero-order chi connectivity index (χ0) is 19.0. The summed E-state index contributed by atoms with van der Waals surface area (Å²) >= 11 is 6.07. The fourth-order valence-corrected chi connectivity index (χ4v) is 5.45. The molecule has 27 heavy (non-hydrogen) atoms. The Balaban J connectivity index is 1.48. The van der Waals surface area contributed by atoms with E-state index in [1.807, 2.05) is 30.3 Å². The van der Waals surface area contributed by atoms with E-state index in [0.717, 1.165) is 46.4 Å². The molecule has 2 aromatic carbocycles. The lowest BCUT2D eigenvalue weighted by atomic mass is 9.95. The first-order chi connectivity index (χ1) is 13.0. The van der Waals surface area contributed by atoms with Crippen LogP contribution >= 0.6 is 11.6 Å². The topological polar surface area (TPSA) is 53.2 Å². The third kappa shape index (κ3) is 3.64. The summed E-state index contributed by atoms with van der Waals surface area (Å²) in [6, 6.07) is 15.2. The van der Waals surface area contributed by atoms with Crippen molar-refractivity contribution in [3.8, 4) is 0 Å². The lowest BCUT2D eigenvalue weighted by molar-refractivity contribution is 0.317. The molecular formula is C21H23ClN2O2S. The van der Waals surface area contributed by atoms with E-state index >= 15 is 0 Å². The number of nitrogens with zero attached hydrogens (tertiary/aromatic N) is 1. The molecule has 1 fully saturated rings. The molecule has 6 heteroatoms. The van der Waals surface area contributed by atoms with Crippen LogP contribution in [0.5, 0.6) is 0 Å². The third-order valence-corrected chi connectivity index (χ3v) is 7.61. The summed E-state index contributed by atoms with van der Waals surface area (Å²) in [5, 5.41) is 1.83. The Hall–Kier alpha value is -1.82. The number of hydrogen-bond donors (Lipinski definition) is 1. The Morgan fingerprint density at radius 1 is 1.07 bits per heavy atom. The van der Waals surface area contributed by atoms with Gasteiger partial charge in [0.15, 0.2) is 0 Å². The Morgan fingerprint density at radius 2 is 1.78 bits per heavy atom. The summed E-state index contributed by atoms with van der Waals surface area (Å²) in [6.45, 7) is 3.14. The molecule has 1 N–H and O–H groups in total. The lowest BCUT2D eigenvalue weighted by Gasteiger charge is -2.30. The first-order valence-corrected chi connectivity index (χ1v) is 11.2. The first-order valence-electron chi connectivity index (χ1n) is 9.34. The van der Waals surface area contributed by atoms with E-state index in [4.69, 9.17) is 11.6 Å². The zero-order valence-electron chi connectivity index (χ0n) is 15.3. The summed E-state index contributed by atoms with van der Waals surface area (Å²) in [7, 11) is -3.42. The van der Waals surface area contributed by atoms with Crippen LogP contribution in [0.3, 0.4) is 0 Å². The van der Waals surface area contributed by atoms with Crippen LogP contribution in [-0.2, 0) is 16.4 Å². The minimum Gasteiger partial charge on any atom is -0.358 e. The highest BCUT2D eigenvalue weighted by molar-refractivity contribution is 7.89. The molecule has 1 aromatic heterocycles. The average molecular weight is 403 g/mol. The number of fused-ring (bicyclic) bond motifs is 1. The van der Waals surface area contributed by atoms with Gasteiger partial charge in [-0.1, -0.05) is 30.7 Å². The van der Waals surface area contributed by atoms with Gasteiger partial charge in [-0.3, -0.25) is 0 Å². The van der Waals surface area contributed by atoms with Crippen molar-refractivity contribution in [2.45, 2.75) is 37.0 Å². The number of nitrogens with one attached hydrogen (secondary N) is 1. The monoisotopic (exact) mass is 402 g/mol. The molecule has 0 aliphatic carbocycles. The maximum Gasteiger partial charge on any atom is 0.243 e. The number of rotatable bonds is 4. The smallest absolute Gasteiger partial charge is 0.243 e. The molecule has 4 nitrogen and oxygen atoms in total. The van der Waals surface area contributed by atoms with Gasteiger partial charge in [-0.05, 0) is 61.2 Å². The van der Waals surface area contributed by atoms with Gasteiger partial charge in [0, 0.05) is 40.6 Å². The van der Waals surface area contributed by atoms with Gasteiger partial charge in [0.2, 0.25) is 10.0 Å². The van der Waals surface area contributed by atoms with Crippen molar-refractivity contribution >= 4 is 32.5 Å². The van der Waals surface area contributed by atoms with E-state index in [2.05, 4.69) is 18.0 Å². The van der Waals surface area contributed by atoms with Gasteiger partial charge < -0.3 is 4.98 Å². The van der Waals surface area contributed by atoms with Crippen LogP contribution in [0.25, 0.3) is 10.9 Å². The minimum absolute atomic E-state index is 0.338. The number of benzene rings is 2. The van der Waals surface area contributed by atoms with Crippen LogP contribution in [0.4, 0.5) is 0 Å².